The van der Waals surface area contributed by atoms with Crippen molar-refractivity contribution in [1.29, 1.82) is 0 Å². The maximum Gasteiger partial charge on any atom is 0.252 e. The van der Waals surface area contributed by atoms with Crippen molar-refractivity contribution in [3.05, 3.63) is 46.7 Å². The predicted octanol–water partition coefficient (Wildman–Crippen LogP) is 1.86. The van der Waals surface area contributed by atoms with Crippen LogP contribution < -0.4 is 11.5 Å². The largest absolute Gasteiger partial charge is 0.381 e. The summed E-state index contributed by atoms with van der Waals surface area (Å²) >= 11 is 3.30. The zero-order chi connectivity index (χ0) is 14.3. The molecule has 0 aliphatic rings. The van der Waals surface area contributed by atoms with Gasteiger partial charge in [0, 0.05) is 17.8 Å². The second-order valence-corrected chi connectivity index (χ2v) is 5.06. The molecular weight excluding hydrogens is 322 g/mol. The molecule has 0 unspecified atom stereocenters. The zero-order valence-electron chi connectivity index (χ0n) is 10.2. The Balaban J connectivity index is 2.41. The van der Waals surface area contributed by atoms with Crippen LogP contribution in [0.25, 0.3) is 16.6 Å². The fourth-order valence-electron chi connectivity index (χ4n) is 2.03. The Morgan fingerprint density at radius 3 is 2.70 bits per heavy atom. The Morgan fingerprint density at radius 1 is 1.30 bits per heavy atom. The number of aromatic nitrogens is 3. The summed E-state index contributed by atoms with van der Waals surface area (Å²) in [6.07, 6.45) is 3.13. The highest BCUT2D eigenvalue weighted by atomic mass is 79.9. The van der Waals surface area contributed by atoms with E-state index in [4.69, 9.17) is 11.5 Å². The van der Waals surface area contributed by atoms with E-state index in [0.717, 1.165) is 10.9 Å². The SMILES string of the molecule is NC(=O)c1cnc2ccccc2c1-n1cc(Br)c(N)n1. The molecule has 0 fully saturated rings. The van der Waals surface area contributed by atoms with Crippen LogP contribution in [0.4, 0.5) is 5.82 Å². The number of carbonyl (C=O) groups excluding carboxylic acids is 1. The normalized spacial score (nSPS) is 10.8. The highest BCUT2D eigenvalue weighted by molar-refractivity contribution is 9.10. The van der Waals surface area contributed by atoms with Gasteiger partial charge in [0.1, 0.15) is 0 Å². The predicted molar refractivity (Wildman–Crippen MR) is 79.5 cm³/mol. The first-order valence-electron chi connectivity index (χ1n) is 5.76. The number of nitrogens with two attached hydrogens (primary N) is 2. The number of hydrogen-bond donors (Lipinski definition) is 2. The molecule has 1 aromatic carbocycles. The number of rotatable bonds is 2. The quantitative estimate of drug-likeness (QED) is 0.748. The second-order valence-electron chi connectivity index (χ2n) is 4.21. The van der Waals surface area contributed by atoms with Crippen molar-refractivity contribution < 1.29 is 4.79 Å². The molecule has 4 N–H and O–H groups in total. The molecule has 100 valence electrons. The number of benzene rings is 1. The van der Waals surface area contributed by atoms with Crippen molar-refractivity contribution in [3.8, 4) is 5.69 Å². The van der Waals surface area contributed by atoms with Gasteiger partial charge in [-0.1, -0.05) is 18.2 Å². The van der Waals surface area contributed by atoms with Crippen LogP contribution in [-0.4, -0.2) is 20.7 Å². The first-order chi connectivity index (χ1) is 9.58. The first-order valence-corrected chi connectivity index (χ1v) is 6.56. The molecule has 3 aromatic rings. The van der Waals surface area contributed by atoms with Gasteiger partial charge in [-0.2, -0.15) is 0 Å². The number of primary amides is 1. The van der Waals surface area contributed by atoms with E-state index in [0.29, 0.717) is 21.5 Å². The summed E-state index contributed by atoms with van der Waals surface area (Å²) in [5.41, 5.74) is 12.8. The maximum absolute atomic E-state index is 11.6. The number of nitrogen functional groups attached to an aromatic ring is 1. The monoisotopic (exact) mass is 331 g/mol. The molecule has 0 saturated heterocycles. The van der Waals surface area contributed by atoms with Gasteiger partial charge in [0.05, 0.1) is 21.2 Å². The van der Waals surface area contributed by atoms with Crippen molar-refractivity contribution in [3.63, 3.8) is 0 Å². The minimum atomic E-state index is -0.566. The smallest absolute Gasteiger partial charge is 0.252 e. The van der Waals surface area contributed by atoms with Crippen molar-refractivity contribution in [2.45, 2.75) is 0 Å². The van der Waals surface area contributed by atoms with Gasteiger partial charge < -0.3 is 11.5 Å². The topological polar surface area (TPSA) is 99.8 Å². The molecule has 0 saturated carbocycles. The number of fused-ring (bicyclic) bond motifs is 1. The van der Waals surface area contributed by atoms with Crippen LogP contribution in [-0.2, 0) is 0 Å². The standard InChI is InChI=1S/C13H10BrN5O/c14-9-6-19(18-12(9)15)11-7-3-1-2-4-10(7)17-5-8(11)13(16)20/h1-6H,(H2,15,18)(H2,16,20). The Morgan fingerprint density at radius 2 is 2.05 bits per heavy atom. The van der Waals surface area contributed by atoms with Crippen LogP contribution in [0.5, 0.6) is 0 Å². The molecule has 1 amide bonds. The third-order valence-corrected chi connectivity index (χ3v) is 3.55. The highest BCUT2D eigenvalue weighted by Crippen LogP contribution is 2.27. The third kappa shape index (κ3) is 1.92. The zero-order valence-corrected chi connectivity index (χ0v) is 11.8. The average molecular weight is 332 g/mol. The molecule has 0 aliphatic heterocycles. The molecule has 7 heteroatoms. The van der Waals surface area contributed by atoms with Crippen LogP contribution in [0.2, 0.25) is 0 Å². The second kappa shape index (κ2) is 4.61. The van der Waals surface area contributed by atoms with Crippen molar-refractivity contribution in [1.82, 2.24) is 14.8 Å². The van der Waals surface area contributed by atoms with E-state index in [1.807, 2.05) is 24.3 Å². The number of halogens is 1. The molecule has 2 aromatic heterocycles. The van der Waals surface area contributed by atoms with Crippen LogP contribution in [0.3, 0.4) is 0 Å². The number of nitrogens with zero attached hydrogens (tertiary/aromatic N) is 3. The summed E-state index contributed by atoms with van der Waals surface area (Å²) in [7, 11) is 0. The molecule has 0 atom stereocenters. The van der Waals surface area contributed by atoms with Gasteiger partial charge in [-0.3, -0.25) is 9.78 Å². The van der Waals surface area contributed by atoms with E-state index in [2.05, 4.69) is 26.0 Å². The Hall–Kier alpha value is -2.41. The fraction of sp³-hybridized carbons (Fsp3) is 0. The first kappa shape index (κ1) is 12.6. The highest BCUT2D eigenvalue weighted by Gasteiger charge is 2.16. The van der Waals surface area contributed by atoms with E-state index in [1.54, 1.807) is 6.20 Å². The van der Waals surface area contributed by atoms with E-state index in [1.165, 1.54) is 10.9 Å². The van der Waals surface area contributed by atoms with Crippen LogP contribution in [0, 0.1) is 0 Å². The maximum atomic E-state index is 11.6. The summed E-state index contributed by atoms with van der Waals surface area (Å²) in [6.45, 7) is 0. The molecule has 20 heavy (non-hydrogen) atoms. The van der Waals surface area contributed by atoms with E-state index >= 15 is 0 Å². The van der Waals surface area contributed by atoms with Crippen molar-refractivity contribution in [2.75, 3.05) is 5.73 Å². The molecule has 0 spiro atoms. The molecule has 2 heterocycles. The van der Waals surface area contributed by atoms with Gasteiger partial charge in [-0.25, -0.2) is 4.68 Å². The molecule has 0 aliphatic carbocycles. The minimum Gasteiger partial charge on any atom is -0.381 e. The molecular formula is C13H10BrN5O. The van der Waals surface area contributed by atoms with Crippen LogP contribution in [0.1, 0.15) is 10.4 Å². The molecule has 0 radical (unpaired) electrons. The lowest BCUT2D eigenvalue weighted by atomic mass is 10.1. The molecule has 3 rings (SSSR count). The number of anilines is 1. The average Bonchev–Trinajstić information content (AvgIpc) is 2.77. The molecule has 6 nitrogen and oxygen atoms in total. The Kier molecular flexibility index (Phi) is 2.90. The number of hydrogen-bond acceptors (Lipinski definition) is 4. The summed E-state index contributed by atoms with van der Waals surface area (Å²) in [6, 6.07) is 7.44. The van der Waals surface area contributed by atoms with E-state index < -0.39 is 5.91 Å². The number of para-hydroxylation sites is 1. The summed E-state index contributed by atoms with van der Waals surface area (Å²) in [4.78, 5) is 15.9. The van der Waals surface area contributed by atoms with Gasteiger partial charge in [-0.15, -0.1) is 5.10 Å². The Labute approximate surface area is 122 Å². The Bertz CT molecular complexity index is 807. The lowest BCUT2D eigenvalue weighted by Crippen LogP contribution is -2.16. The van der Waals surface area contributed by atoms with Gasteiger partial charge in [0.2, 0.25) is 0 Å². The lowest BCUT2D eigenvalue weighted by molar-refractivity contribution is 0.1000. The summed E-state index contributed by atoms with van der Waals surface area (Å²) in [5.74, 6) is -0.232. The number of pyridine rings is 1. The van der Waals surface area contributed by atoms with Crippen LogP contribution in [0.15, 0.2) is 41.1 Å². The van der Waals surface area contributed by atoms with E-state index in [-0.39, 0.29) is 0 Å². The number of carbonyl (C=O) groups is 1. The van der Waals surface area contributed by atoms with Gasteiger partial charge in [-0.05, 0) is 22.0 Å². The van der Waals surface area contributed by atoms with Crippen molar-refractivity contribution >= 4 is 38.6 Å². The fourth-order valence-corrected chi connectivity index (χ4v) is 2.31. The van der Waals surface area contributed by atoms with Crippen molar-refractivity contribution in [2.24, 2.45) is 5.73 Å². The van der Waals surface area contributed by atoms with Gasteiger partial charge in [0.15, 0.2) is 5.82 Å². The number of amides is 1. The minimum absolute atomic E-state index is 0.290. The molecule has 0 bridgehead atoms. The lowest BCUT2D eigenvalue weighted by Gasteiger charge is -2.10. The van der Waals surface area contributed by atoms with Crippen LogP contribution >= 0.6 is 15.9 Å². The van der Waals surface area contributed by atoms with E-state index in [9.17, 15) is 4.79 Å². The summed E-state index contributed by atoms with van der Waals surface area (Å²) < 4.78 is 2.18. The summed E-state index contributed by atoms with van der Waals surface area (Å²) in [5, 5.41) is 4.96. The van der Waals surface area contributed by atoms with Gasteiger partial charge in [0.25, 0.3) is 5.91 Å². The third-order valence-electron chi connectivity index (χ3n) is 2.94. The van der Waals surface area contributed by atoms with Gasteiger partial charge >= 0.3 is 0 Å².